The van der Waals surface area contributed by atoms with E-state index in [1.54, 1.807) is 0 Å². The number of ether oxygens (including phenoxy) is 1. The van der Waals surface area contributed by atoms with Crippen molar-refractivity contribution >= 4 is 16.7 Å². The molecule has 0 bridgehead atoms. The van der Waals surface area contributed by atoms with Crippen LogP contribution in [0.4, 0.5) is 5.69 Å². The average Bonchev–Trinajstić information content (AvgIpc) is 2.89. The molecular formula is C16H22N4O. The van der Waals surface area contributed by atoms with E-state index in [1.165, 1.54) is 25.7 Å². The Morgan fingerprint density at radius 3 is 3.19 bits per heavy atom. The molecule has 0 spiro atoms. The number of nitrogens with one attached hydrogen (secondary N) is 1. The number of hydrogen-bond acceptors (Lipinski definition) is 4. The average molecular weight is 286 g/mol. The van der Waals surface area contributed by atoms with Gasteiger partial charge in [0.15, 0.2) is 0 Å². The van der Waals surface area contributed by atoms with Gasteiger partial charge in [-0.2, -0.15) is 0 Å². The summed E-state index contributed by atoms with van der Waals surface area (Å²) in [6.07, 6.45) is 5.50. The number of H-pyrrole nitrogens is 1. The van der Waals surface area contributed by atoms with Crippen LogP contribution in [0, 0.1) is 0 Å². The van der Waals surface area contributed by atoms with Gasteiger partial charge in [-0.15, -0.1) is 0 Å². The second kappa shape index (κ2) is 5.31. The van der Waals surface area contributed by atoms with Crippen molar-refractivity contribution in [1.29, 1.82) is 0 Å². The molecule has 1 aromatic carbocycles. The van der Waals surface area contributed by atoms with Gasteiger partial charge < -0.3 is 15.5 Å². The standard InChI is InChI=1S/C16H22N4O/c17-11-5-6-12-13(9-11)19-16(18-12)10-20-7-8-21-15-4-2-1-3-14(15)20/h5-6,9,14-15H,1-4,7-8,10,17H2,(H,18,19). The van der Waals surface area contributed by atoms with Crippen molar-refractivity contribution in [3.05, 3.63) is 24.0 Å². The first-order chi connectivity index (χ1) is 10.3. The lowest BCUT2D eigenvalue weighted by Crippen LogP contribution is -2.52. The molecule has 2 heterocycles. The summed E-state index contributed by atoms with van der Waals surface area (Å²) in [5.74, 6) is 1.03. The zero-order chi connectivity index (χ0) is 14.2. The van der Waals surface area contributed by atoms with Crippen molar-refractivity contribution in [2.24, 2.45) is 0 Å². The Bertz CT molecular complexity index is 636. The number of rotatable bonds is 2. The number of benzene rings is 1. The molecule has 0 radical (unpaired) electrons. The number of aromatic amines is 1. The van der Waals surface area contributed by atoms with Crippen LogP contribution in [-0.2, 0) is 11.3 Å². The molecule has 3 N–H and O–H groups in total. The molecule has 4 rings (SSSR count). The maximum absolute atomic E-state index is 5.94. The number of nitrogen functional groups attached to an aromatic ring is 1. The predicted octanol–water partition coefficient (Wildman–Crippen LogP) is 2.29. The van der Waals surface area contributed by atoms with Gasteiger partial charge in [0, 0.05) is 18.3 Å². The first-order valence-electron chi connectivity index (χ1n) is 7.89. The van der Waals surface area contributed by atoms with Crippen molar-refractivity contribution in [2.45, 2.75) is 44.4 Å². The molecule has 0 amide bonds. The molecular weight excluding hydrogens is 264 g/mol. The van der Waals surface area contributed by atoms with E-state index in [2.05, 4.69) is 9.88 Å². The molecule has 2 unspecified atom stereocenters. The highest BCUT2D eigenvalue weighted by Crippen LogP contribution is 2.29. The summed E-state index contributed by atoms with van der Waals surface area (Å²) in [6, 6.07) is 6.40. The van der Waals surface area contributed by atoms with Crippen LogP contribution in [-0.4, -0.2) is 40.2 Å². The highest BCUT2D eigenvalue weighted by atomic mass is 16.5. The third kappa shape index (κ3) is 2.51. The first kappa shape index (κ1) is 13.1. The zero-order valence-electron chi connectivity index (χ0n) is 12.2. The maximum atomic E-state index is 5.94. The summed E-state index contributed by atoms with van der Waals surface area (Å²) in [6.45, 7) is 2.72. The summed E-state index contributed by atoms with van der Waals surface area (Å²) in [5, 5.41) is 0. The number of aromatic nitrogens is 2. The van der Waals surface area contributed by atoms with Gasteiger partial charge in [0.1, 0.15) is 5.82 Å². The van der Waals surface area contributed by atoms with Crippen LogP contribution in [0.2, 0.25) is 0 Å². The molecule has 1 saturated heterocycles. The SMILES string of the molecule is Nc1ccc2nc(CN3CCOC4CCCCC43)[nH]c2c1. The number of morpholine rings is 1. The predicted molar refractivity (Wildman–Crippen MR) is 82.9 cm³/mol. The Hall–Kier alpha value is -1.59. The molecule has 2 aliphatic rings. The summed E-state index contributed by atoms with van der Waals surface area (Å²) in [4.78, 5) is 10.6. The van der Waals surface area contributed by atoms with Crippen LogP contribution in [0.1, 0.15) is 31.5 Å². The monoisotopic (exact) mass is 286 g/mol. The fourth-order valence-electron chi connectivity index (χ4n) is 3.72. The second-order valence-electron chi connectivity index (χ2n) is 6.19. The molecule has 2 aromatic rings. The number of nitrogens with zero attached hydrogens (tertiary/aromatic N) is 2. The maximum Gasteiger partial charge on any atom is 0.121 e. The van der Waals surface area contributed by atoms with Gasteiger partial charge in [0.05, 0.1) is 30.3 Å². The summed E-state index contributed by atoms with van der Waals surface area (Å²) >= 11 is 0. The molecule has 21 heavy (non-hydrogen) atoms. The van der Waals surface area contributed by atoms with Gasteiger partial charge in [-0.25, -0.2) is 4.98 Å². The second-order valence-corrected chi connectivity index (χ2v) is 6.19. The van der Waals surface area contributed by atoms with E-state index < -0.39 is 0 Å². The fraction of sp³-hybridized carbons (Fsp3) is 0.562. The highest BCUT2D eigenvalue weighted by molar-refractivity contribution is 5.78. The van der Waals surface area contributed by atoms with Crippen LogP contribution in [0.5, 0.6) is 0 Å². The number of fused-ring (bicyclic) bond motifs is 2. The van der Waals surface area contributed by atoms with Crippen molar-refractivity contribution in [3.8, 4) is 0 Å². The van der Waals surface area contributed by atoms with Gasteiger partial charge in [0.2, 0.25) is 0 Å². The van der Waals surface area contributed by atoms with Crippen molar-refractivity contribution in [1.82, 2.24) is 14.9 Å². The molecule has 1 aliphatic heterocycles. The summed E-state index contributed by atoms with van der Waals surface area (Å²) in [5.41, 5.74) is 8.62. The lowest BCUT2D eigenvalue weighted by Gasteiger charge is -2.43. The Kier molecular flexibility index (Phi) is 3.31. The molecule has 2 atom stereocenters. The van der Waals surface area contributed by atoms with E-state index in [1.807, 2.05) is 18.2 Å². The molecule has 1 aromatic heterocycles. The van der Waals surface area contributed by atoms with Crippen molar-refractivity contribution in [2.75, 3.05) is 18.9 Å². The van der Waals surface area contributed by atoms with E-state index in [0.29, 0.717) is 12.1 Å². The van der Waals surface area contributed by atoms with E-state index in [0.717, 1.165) is 42.2 Å². The third-order valence-electron chi connectivity index (χ3n) is 4.75. The van der Waals surface area contributed by atoms with Crippen LogP contribution < -0.4 is 5.73 Å². The first-order valence-corrected chi connectivity index (χ1v) is 7.89. The minimum absolute atomic E-state index is 0.424. The molecule has 112 valence electrons. The van der Waals surface area contributed by atoms with Crippen molar-refractivity contribution < 1.29 is 4.74 Å². The normalized spacial score (nSPS) is 26.9. The molecule has 5 nitrogen and oxygen atoms in total. The van der Waals surface area contributed by atoms with E-state index >= 15 is 0 Å². The third-order valence-corrected chi connectivity index (χ3v) is 4.75. The molecule has 2 fully saturated rings. The quantitative estimate of drug-likeness (QED) is 0.831. The van der Waals surface area contributed by atoms with Gasteiger partial charge >= 0.3 is 0 Å². The summed E-state index contributed by atoms with van der Waals surface area (Å²) in [7, 11) is 0. The topological polar surface area (TPSA) is 67.2 Å². The smallest absolute Gasteiger partial charge is 0.121 e. The van der Waals surface area contributed by atoms with Crippen LogP contribution in [0.25, 0.3) is 11.0 Å². The zero-order valence-corrected chi connectivity index (χ0v) is 12.2. The van der Waals surface area contributed by atoms with E-state index in [4.69, 9.17) is 15.5 Å². The largest absolute Gasteiger partial charge is 0.399 e. The van der Waals surface area contributed by atoms with Gasteiger partial charge in [-0.05, 0) is 31.0 Å². The van der Waals surface area contributed by atoms with Crippen molar-refractivity contribution in [3.63, 3.8) is 0 Å². The molecule has 1 saturated carbocycles. The minimum atomic E-state index is 0.424. The van der Waals surface area contributed by atoms with Crippen LogP contribution in [0.15, 0.2) is 18.2 Å². The Morgan fingerprint density at radius 2 is 2.24 bits per heavy atom. The Balaban J connectivity index is 1.55. The molecule has 1 aliphatic carbocycles. The van der Waals surface area contributed by atoms with Crippen LogP contribution >= 0.6 is 0 Å². The Labute approximate surface area is 124 Å². The highest BCUT2D eigenvalue weighted by Gasteiger charge is 2.34. The minimum Gasteiger partial charge on any atom is -0.399 e. The Morgan fingerprint density at radius 1 is 1.33 bits per heavy atom. The van der Waals surface area contributed by atoms with E-state index in [9.17, 15) is 0 Å². The van der Waals surface area contributed by atoms with Gasteiger partial charge in [-0.3, -0.25) is 4.90 Å². The van der Waals surface area contributed by atoms with Crippen LogP contribution in [0.3, 0.4) is 0 Å². The number of anilines is 1. The molecule has 5 heteroatoms. The lowest BCUT2D eigenvalue weighted by atomic mass is 9.90. The summed E-state index contributed by atoms with van der Waals surface area (Å²) < 4.78 is 5.94. The number of hydrogen-bond donors (Lipinski definition) is 2. The number of nitrogens with two attached hydrogens (primary N) is 1. The van der Waals surface area contributed by atoms with E-state index in [-0.39, 0.29) is 0 Å². The lowest BCUT2D eigenvalue weighted by molar-refractivity contribution is -0.0917. The van der Waals surface area contributed by atoms with Gasteiger partial charge in [-0.1, -0.05) is 12.8 Å². The number of imidazole rings is 1. The fourth-order valence-corrected chi connectivity index (χ4v) is 3.72. The van der Waals surface area contributed by atoms with Gasteiger partial charge in [0.25, 0.3) is 0 Å².